The van der Waals surface area contributed by atoms with Gasteiger partial charge in [-0.3, -0.25) is 9.20 Å². The zero-order valence-electron chi connectivity index (χ0n) is 12.7. The van der Waals surface area contributed by atoms with Gasteiger partial charge in [-0.2, -0.15) is 0 Å². The molecule has 1 N–H and O–H groups in total. The van der Waals surface area contributed by atoms with Crippen LogP contribution in [0.3, 0.4) is 0 Å². The summed E-state index contributed by atoms with van der Waals surface area (Å²) in [6.07, 6.45) is 0. The first kappa shape index (κ1) is 15.4. The fourth-order valence-corrected chi connectivity index (χ4v) is 3.79. The molecule has 120 valence electrons. The highest BCUT2D eigenvalue weighted by atomic mass is 79.9. The monoisotopic (exact) mass is 400 g/mol. The number of thioether (sulfide) groups is 1. The van der Waals surface area contributed by atoms with Crippen molar-refractivity contribution < 1.29 is 4.79 Å². The second-order valence-corrected chi connectivity index (χ2v) is 7.62. The SMILES string of the molecule is CC(Sc1n[nH]c2nc3ccccc3n12)C(=O)c1ccc(Br)cc1. The summed E-state index contributed by atoms with van der Waals surface area (Å²) < 4.78 is 2.91. The van der Waals surface area contributed by atoms with Gasteiger partial charge in [0.15, 0.2) is 10.9 Å². The molecule has 2 aromatic carbocycles. The fourth-order valence-electron chi connectivity index (χ4n) is 2.58. The van der Waals surface area contributed by atoms with Gasteiger partial charge in [0, 0.05) is 10.0 Å². The van der Waals surface area contributed by atoms with Gasteiger partial charge in [-0.1, -0.05) is 52.0 Å². The topological polar surface area (TPSA) is 63.1 Å². The van der Waals surface area contributed by atoms with Gasteiger partial charge in [0.1, 0.15) is 0 Å². The molecule has 0 aliphatic heterocycles. The van der Waals surface area contributed by atoms with Crippen LogP contribution in [0.15, 0.2) is 58.2 Å². The molecular formula is C17H13BrN4OS. The largest absolute Gasteiger partial charge is 0.293 e. The molecule has 1 unspecified atom stereocenters. The molecular weight excluding hydrogens is 388 g/mol. The Morgan fingerprint density at radius 3 is 2.75 bits per heavy atom. The number of benzene rings is 2. The molecule has 0 radical (unpaired) electrons. The third kappa shape index (κ3) is 2.63. The van der Waals surface area contributed by atoms with Crippen LogP contribution in [0, 0.1) is 0 Å². The highest BCUT2D eigenvalue weighted by Gasteiger charge is 2.20. The Kier molecular flexibility index (Phi) is 3.90. The van der Waals surface area contributed by atoms with Crippen LogP contribution >= 0.6 is 27.7 Å². The minimum absolute atomic E-state index is 0.0769. The number of imidazole rings is 1. The summed E-state index contributed by atoms with van der Waals surface area (Å²) in [5.74, 6) is 0.759. The molecule has 24 heavy (non-hydrogen) atoms. The Morgan fingerprint density at radius 1 is 1.21 bits per heavy atom. The van der Waals surface area contributed by atoms with E-state index in [1.807, 2.05) is 59.9 Å². The minimum Gasteiger partial charge on any atom is -0.293 e. The van der Waals surface area contributed by atoms with E-state index in [1.54, 1.807) is 0 Å². The summed E-state index contributed by atoms with van der Waals surface area (Å²) in [7, 11) is 0. The Labute approximate surface area is 150 Å². The van der Waals surface area contributed by atoms with E-state index in [0.29, 0.717) is 11.3 Å². The van der Waals surface area contributed by atoms with Gasteiger partial charge in [-0.15, -0.1) is 5.10 Å². The van der Waals surface area contributed by atoms with Crippen molar-refractivity contribution in [3.63, 3.8) is 0 Å². The smallest absolute Gasteiger partial charge is 0.231 e. The predicted octanol–water partition coefficient (Wildman–Crippen LogP) is 4.34. The number of hydrogen-bond donors (Lipinski definition) is 1. The van der Waals surface area contributed by atoms with Crippen LogP contribution in [0.5, 0.6) is 0 Å². The minimum atomic E-state index is -0.251. The summed E-state index contributed by atoms with van der Waals surface area (Å²) in [6, 6.07) is 15.3. The average molecular weight is 401 g/mol. The number of fused-ring (bicyclic) bond motifs is 3. The maximum atomic E-state index is 12.6. The average Bonchev–Trinajstić information content (AvgIpc) is 3.14. The van der Waals surface area contributed by atoms with Gasteiger partial charge in [0.2, 0.25) is 5.78 Å². The second-order valence-electron chi connectivity index (χ2n) is 5.40. The van der Waals surface area contributed by atoms with Crippen molar-refractivity contribution in [3.8, 4) is 0 Å². The first-order valence-corrected chi connectivity index (χ1v) is 9.09. The van der Waals surface area contributed by atoms with E-state index in [0.717, 1.165) is 20.7 Å². The number of carbonyl (C=O) groups excluding carboxylic acids is 1. The Morgan fingerprint density at radius 2 is 1.96 bits per heavy atom. The lowest BCUT2D eigenvalue weighted by atomic mass is 10.1. The highest BCUT2D eigenvalue weighted by Crippen LogP contribution is 2.27. The number of aromatic nitrogens is 4. The fraction of sp³-hybridized carbons (Fsp3) is 0.118. The van der Waals surface area contributed by atoms with Crippen LogP contribution in [0.1, 0.15) is 17.3 Å². The molecule has 0 bridgehead atoms. The summed E-state index contributed by atoms with van der Waals surface area (Å²) >= 11 is 4.81. The number of nitrogens with one attached hydrogen (secondary N) is 1. The van der Waals surface area contributed by atoms with Gasteiger partial charge >= 0.3 is 0 Å². The first-order valence-electron chi connectivity index (χ1n) is 7.41. The van der Waals surface area contributed by atoms with Crippen LogP contribution in [-0.4, -0.2) is 30.6 Å². The molecule has 1 atom stereocenters. The normalized spacial score (nSPS) is 12.8. The number of carbonyl (C=O) groups is 1. The molecule has 2 heterocycles. The summed E-state index contributed by atoms with van der Waals surface area (Å²) in [6.45, 7) is 1.90. The van der Waals surface area contributed by atoms with E-state index in [9.17, 15) is 4.79 Å². The molecule has 4 aromatic rings. The summed E-state index contributed by atoms with van der Waals surface area (Å²) in [4.78, 5) is 17.1. The van der Waals surface area contributed by atoms with Crippen molar-refractivity contribution >= 4 is 50.3 Å². The number of H-pyrrole nitrogens is 1. The third-order valence-electron chi connectivity index (χ3n) is 3.78. The highest BCUT2D eigenvalue weighted by molar-refractivity contribution is 9.10. The lowest BCUT2D eigenvalue weighted by Gasteiger charge is -2.09. The van der Waals surface area contributed by atoms with E-state index in [2.05, 4.69) is 31.1 Å². The number of aromatic amines is 1. The lowest BCUT2D eigenvalue weighted by molar-refractivity contribution is 0.0994. The van der Waals surface area contributed by atoms with Gasteiger partial charge in [0.05, 0.1) is 16.3 Å². The van der Waals surface area contributed by atoms with Crippen molar-refractivity contribution in [2.45, 2.75) is 17.3 Å². The van der Waals surface area contributed by atoms with Gasteiger partial charge in [-0.05, 0) is 31.2 Å². The molecule has 4 rings (SSSR count). The van der Waals surface area contributed by atoms with Crippen LogP contribution < -0.4 is 0 Å². The standard InChI is InChI=1S/C17H13BrN4OS/c1-10(15(23)11-6-8-12(18)9-7-11)24-17-21-20-16-19-13-4-2-3-5-14(13)22(16)17/h2-10H,1H3,(H,19,20). The molecule has 0 saturated heterocycles. The second kappa shape index (κ2) is 6.07. The molecule has 0 fully saturated rings. The summed E-state index contributed by atoms with van der Waals surface area (Å²) in [5.41, 5.74) is 2.58. The molecule has 0 aliphatic rings. The predicted molar refractivity (Wildman–Crippen MR) is 98.6 cm³/mol. The van der Waals surface area contributed by atoms with Gasteiger partial charge < -0.3 is 0 Å². The van der Waals surface area contributed by atoms with Crippen molar-refractivity contribution in [1.29, 1.82) is 0 Å². The Balaban J connectivity index is 1.66. The van der Waals surface area contributed by atoms with Gasteiger partial charge in [-0.25, -0.2) is 10.1 Å². The van der Waals surface area contributed by atoms with E-state index < -0.39 is 0 Å². The number of ketones is 1. The Hall–Kier alpha value is -2.12. The quantitative estimate of drug-likeness (QED) is 0.408. The van der Waals surface area contributed by atoms with E-state index >= 15 is 0 Å². The molecule has 0 spiro atoms. The van der Waals surface area contributed by atoms with E-state index in [1.165, 1.54) is 11.8 Å². The van der Waals surface area contributed by atoms with Crippen LogP contribution in [0.2, 0.25) is 0 Å². The van der Waals surface area contributed by atoms with E-state index in [4.69, 9.17) is 0 Å². The first-order chi connectivity index (χ1) is 11.6. The number of Topliss-reactive ketones (excluding diaryl/α,β-unsaturated/α-hetero) is 1. The van der Waals surface area contributed by atoms with Gasteiger partial charge in [0.25, 0.3) is 0 Å². The van der Waals surface area contributed by atoms with Crippen LogP contribution in [0.4, 0.5) is 0 Å². The molecule has 2 aromatic heterocycles. The molecule has 0 aliphatic carbocycles. The molecule has 0 amide bonds. The number of rotatable bonds is 4. The number of para-hydroxylation sites is 2. The number of nitrogens with zero attached hydrogens (tertiary/aromatic N) is 3. The third-order valence-corrected chi connectivity index (χ3v) is 5.36. The van der Waals surface area contributed by atoms with Crippen molar-refractivity contribution in [2.24, 2.45) is 0 Å². The zero-order chi connectivity index (χ0) is 16.7. The molecule has 7 heteroatoms. The summed E-state index contributed by atoms with van der Waals surface area (Å²) in [5, 5.41) is 7.73. The van der Waals surface area contributed by atoms with Crippen LogP contribution in [-0.2, 0) is 0 Å². The molecule has 5 nitrogen and oxygen atoms in total. The van der Waals surface area contributed by atoms with Crippen molar-refractivity contribution in [3.05, 3.63) is 58.6 Å². The maximum Gasteiger partial charge on any atom is 0.231 e. The Bertz CT molecular complexity index is 1040. The maximum absolute atomic E-state index is 12.6. The molecule has 0 saturated carbocycles. The van der Waals surface area contributed by atoms with Crippen LogP contribution in [0.25, 0.3) is 16.8 Å². The zero-order valence-corrected chi connectivity index (χ0v) is 15.1. The number of hydrogen-bond acceptors (Lipinski definition) is 4. The lowest BCUT2D eigenvalue weighted by Crippen LogP contribution is -2.13. The van der Waals surface area contributed by atoms with Crippen molar-refractivity contribution in [1.82, 2.24) is 19.6 Å². The van der Waals surface area contributed by atoms with Crippen molar-refractivity contribution in [2.75, 3.05) is 0 Å². The van der Waals surface area contributed by atoms with E-state index in [-0.39, 0.29) is 11.0 Å². The number of halogens is 1.